The van der Waals surface area contributed by atoms with E-state index < -0.39 is 6.04 Å². The van der Waals surface area contributed by atoms with Crippen LogP contribution in [-0.4, -0.2) is 40.6 Å². The molecule has 0 aliphatic carbocycles. The van der Waals surface area contributed by atoms with Crippen LogP contribution in [0, 0.1) is 0 Å². The largest absolute Gasteiger partial charge is 0.459 e. The number of aromatic nitrogens is 1. The molecule has 6 heteroatoms. The van der Waals surface area contributed by atoms with Crippen LogP contribution in [0.1, 0.15) is 16.9 Å². The molecule has 1 aromatic heterocycles. The zero-order chi connectivity index (χ0) is 14.4. The predicted molar refractivity (Wildman–Crippen MR) is 71.3 cm³/mol. The van der Waals surface area contributed by atoms with Gasteiger partial charge >= 0.3 is 5.97 Å². The molecule has 0 saturated carbocycles. The van der Waals surface area contributed by atoms with Gasteiger partial charge in [0.05, 0.1) is 6.54 Å². The van der Waals surface area contributed by atoms with Crippen molar-refractivity contribution in [3.8, 4) is 11.3 Å². The number of hydrogen-bond donors (Lipinski definition) is 0. The van der Waals surface area contributed by atoms with Crippen LogP contribution in [0.2, 0.25) is 0 Å². The van der Waals surface area contributed by atoms with Crippen molar-refractivity contribution < 1.29 is 18.8 Å². The molecule has 0 spiro atoms. The van der Waals surface area contributed by atoms with Crippen LogP contribution in [-0.2, 0) is 9.53 Å². The van der Waals surface area contributed by atoms with E-state index in [0.29, 0.717) is 18.7 Å². The van der Waals surface area contributed by atoms with E-state index in [0.717, 1.165) is 5.56 Å². The molecule has 2 bridgehead atoms. The van der Waals surface area contributed by atoms with Crippen molar-refractivity contribution >= 4 is 11.9 Å². The van der Waals surface area contributed by atoms with Gasteiger partial charge in [-0.2, -0.15) is 0 Å². The molecule has 2 atom stereocenters. The maximum Gasteiger partial charge on any atom is 0.329 e. The summed E-state index contributed by atoms with van der Waals surface area (Å²) in [6, 6.07) is 10.6. The zero-order valence-corrected chi connectivity index (χ0v) is 11.1. The maximum atomic E-state index is 12.4. The normalized spacial score (nSPS) is 23.4. The molecular weight excluding hydrogens is 272 g/mol. The van der Waals surface area contributed by atoms with Crippen LogP contribution >= 0.6 is 0 Å². The third-order valence-electron chi connectivity index (χ3n) is 3.87. The van der Waals surface area contributed by atoms with Crippen LogP contribution in [0.3, 0.4) is 0 Å². The molecule has 6 nitrogen and oxygen atoms in total. The van der Waals surface area contributed by atoms with Gasteiger partial charge in [0.1, 0.15) is 12.1 Å². The topological polar surface area (TPSA) is 72.6 Å². The predicted octanol–water partition coefficient (Wildman–Crippen LogP) is 1.48. The average molecular weight is 284 g/mol. The molecule has 0 N–H and O–H groups in total. The zero-order valence-electron chi connectivity index (χ0n) is 11.1. The van der Waals surface area contributed by atoms with Crippen molar-refractivity contribution in [3.63, 3.8) is 0 Å². The number of fused-ring (bicyclic) bond motifs is 2. The summed E-state index contributed by atoms with van der Waals surface area (Å²) in [5.41, 5.74) is 1.07. The summed E-state index contributed by atoms with van der Waals surface area (Å²) < 4.78 is 10.3. The number of esters is 1. The molecule has 0 radical (unpaired) electrons. The summed E-state index contributed by atoms with van der Waals surface area (Å²) in [4.78, 5) is 25.5. The van der Waals surface area contributed by atoms with Gasteiger partial charge in [0.2, 0.25) is 0 Å². The van der Waals surface area contributed by atoms with Gasteiger partial charge in [-0.1, -0.05) is 35.5 Å². The van der Waals surface area contributed by atoms with Gasteiger partial charge < -0.3 is 14.2 Å². The fraction of sp³-hybridized carbons (Fsp3) is 0.267. The molecular formula is C15H12N2O4. The molecule has 0 unspecified atom stereocenters. The van der Waals surface area contributed by atoms with Gasteiger partial charge in [-0.25, -0.2) is 4.79 Å². The summed E-state index contributed by atoms with van der Waals surface area (Å²) in [6.45, 7) is 0.433. The molecule has 2 fully saturated rings. The van der Waals surface area contributed by atoms with Crippen LogP contribution in [0.15, 0.2) is 40.9 Å². The summed E-state index contributed by atoms with van der Waals surface area (Å²) in [7, 11) is 0. The van der Waals surface area contributed by atoms with Crippen molar-refractivity contribution in [2.24, 2.45) is 0 Å². The lowest BCUT2D eigenvalue weighted by atomic mass is 10.1. The first-order valence-corrected chi connectivity index (χ1v) is 6.76. The van der Waals surface area contributed by atoms with Crippen LogP contribution in [0.25, 0.3) is 11.3 Å². The SMILES string of the molecule is O=C1O[C@H]2C[C@H]1N(C(=O)c1cc(-c3ccccc3)on1)C2. The summed E-state index contributed by atoms with van der Waals surface area (Å²) in [6.07, 6.45) is 0.403. The van der Waals surface area contributed by atoms with E-state index >= 15 is 0 Å². The molecule has 2 saturated heterocycles. The number of morpholine rings is 1. The number of nitrogens with zero attached hydrogens (tertiary/aromatic N) is 2. The van der Waals surface area contributed by atoms with E-state index in [1.54, 1.807) is 6.07 Å². The summed E-state index contributed by atoms with van der Waals surface area (Å²) in [5.74, 6) is -0.0812. The quantitative estimate of drug-likeness (QED) is 0.781. The highest BCUT2D eigenvalue weighted by Gasteiger charge is 2.49. The Morgan fingerprint density at radius 3 is 2.81 bits per heavy atom. The number of hydrogen-bond acceptors (Lipinski definition) is 5. The van der Waals surface area contributed by atoms with Gasteiger partial charge in [0, 0.05) is 18.1 Å². The van der Waals surface area contributed by atoms with Gasteiger partial charge in [0.25, 0.3) is 5.91 Å². The number of carbonyl (C=O) groups is 2. The number of carbonyl (C=O) groups excluding carboxylic acids is 2. The number of ether oxygens (including phenoxy) is 1. The first-order chi connectivity index (χ1) is 10.2. The second-order valence-corrected chi connectivity index (χ2v) is 5.21. The van der Waals surface area contributed by atoms with Gasteiger partial charge in [-0.3, -0.25) is 4.79 Å². The lowest BCUT2D eigenvalue weighted by Crippen LogP contribution is -2.44. The fourth-order valence-electron chi connectivity index (χ4n) is 2.84. The van der Waals surface area contributed by atoms with Crippen molar-refractivity contribution in [2.45, 2.75) is 18.6 Å². The van der Waals surface area contributed by atoms with E-state index in [2.05, 4.69) is 5.16 Å². The summed E-state index contributed by atoms with van der Waals surface area (Å²) in [5, 5.41) is 3.83. The van der Waals surface area contributed by atoms with E-state index in [4.69, 9.17) is 9.26 Å². The Morgan fingerprint density at radius 1 is 1.29 bits per heavy atom. The number of likely N-dealkylation sites (tertiary alicyclic amines) is 1. The minimum absolute atomic E-state index is 0.174. The molecule has 4 rings (SSSR count). The molecule has 1 amide bonds. The first kappa shape index (κ1) is 12.1. The molecule has 21 heavy (non-hydrogen) atoms. The molecule has 2 aromatic rings. The third-order valence-corrected chi connectivity index (χ3v) is 3.87. The lowest BCUT2D eigenvalue weighted by Gasteiger charge is -2.24. The smallest absolute Gasteiger partial charge is 0.329 e. The second kappa shape index (κ2) is 4.44. The highest BCUT2D eigenvalue weighted by atomic mass is 16.6. The molecule has 2 aliphatic heterocycles. The van der Waals surface area contributed by atoms with E-state index in [9.17, 15) is 9.59 Å². The highest BCUT2D eigenvalue weighted by Crippen LogP contribution is 2.30. The van der Waals surface area contributed by atoms with Crippen molar-refractivity contribution in [2.75, 3.05) is 6.54 Å². The first-order valence-electron chi connectivity index (χ1n) is 6.76. The highest BCUT2D eigenvalue weighted by molar-refractivity contribution is 5.97. The maximum absolute atomic E-state index is 12.4. The van der Waals surface area contributed by atoms with E-state index in [-0.39, 0.29) is 23.7 Å². The Hall–Kier alpha value is -2.63. The monoisotopic (exact) mass is 284 g/mol. The van der Waals surface area contributed by atoms with Gasteiger partial charge in [0.15, 0.2) is 11.5 Å². The second-order valence-electron chi connectivity index (χ2n) is 5.21. The van der Waals surface area contributed by atoms with E-state index in [1.165, 1.54) is 4.90 Å². The number of benzene rings is 1. The average Bonchev–Trinajstić information content (AvgIpc) is 3.22. The van der Waals surface area contributed by atoms with Crippen LogP contribution in [0.5, 0.6) is 0 Å². The van der Waals surface area contributed by atoms with Gasteiger partial charge in [-0.15, -0.1) is 0 Å². The standard InChI is InChI=1S/C15H12N2O4/c18-14(17-8-10-6-12(17)15(19)20-10)11-7-13(21-16-11)9-4-2-1-3-5-9/h1-5,7,10,12H,6,8H2/t10-,12+/m0/s1. The minimum atomic E-state index is -0.473. The number of amides is 1. The van der Waals surface area contributed by atoms with Gasteiger partial charge in [-0.05, 0) is 0 Å². The van der Waals surface area contributed by atoms with Crippen molar-refractivity contribution in [1.82, 2.24) is 10.1 Å². The molecule has 3 heterocycles. The molecule has 106 valence electrons. The molecule has 1 aromatic carbocycles. The number of rotatable bonds is 2. The van der Waals surface area contributed by atoms with Crippen molar-refractivity contribution in [1.29, 1.82) is 0 Å². The Bertz CT molecular complexity index is 709. The van der Waals surface area contributed by atoms with E-state index in [1.807, 2.05) is 30.3 Å². The van der Waals surface area contributed by atoms with Crippen LogP contribution < -0.4 is 0 Å². The summed E-state index contributed by atoms with van der Waals surface area (Å²) >= 11 is 0. The Morgan fingerprint density at radius 2 is 2.10 bits per heavy atom. The fourth-order valence-corrected chi connectivity index (χ4v) is 2.84. The van der Waals surface area contributed by atoms with Crippen molar-refractivity contribution in [3.05, 3.63) is 42.1 Å². The minimum Gasteiger partial charge on any atom is -0.459 e. The lowest BCUT2D eigenvalue weighted by molar-refractivity contribution is -0.149. The Kier molecular flexibility index (Phi) is 2.57. The Labute approximate surface area is 120 Å². The van der Waals surface area contributed by atoms with Crippen LogP contribution in [0.4, 0.5) is 0 Å². The molecule has 2 aliphatic rings. The third kappa shape index (κ3) is 1.91. The Balaban J connectivity index is 1.59.